The van der Waals surface area contributed by atoms with Crippen molar-refractivity contribution in [2.45, 2.75) is 6.92 Å². The highest BCUT2D eigenvalue weighted by Crippen LogP contribution is 2.23. The first-order valence-electron chi connectivity index (χ1n) is 5.29. The Hall–Kier alpha value is -1.75. The largest absolute Gasteiger partial charge is 0.491 e. The van der Waals surface area contributed by atoms with Crippen molar-refractivity contribution in [2.24, 2.45) is 0 Å². The van der Waals surface area contributed by atoms with Gasteiger partial charge in [-0.15, -0.1) is 0 Å². The number of halogens is 1. The number of carbonyl (C=O) groups excluding carboxylic acids is 2. The molecule has 1 aromatic rings. The highest BCUT2D eigenvalue weighted by atomic mass is 35.5. The molecule has 0 atom stereocenters. The molecule has 5 nitrogen and oxygen atoms in total. The van der Waals surface area contributed by atoms with E-state index >= 15 is 0 Å². The smallest absolute Gasteiger partial charge is 0.341 e. The third-order valence-corrected chi connectivity index (χ3v) is 2.32. The molecule has 0 unspecified atom stereocenters. The molecular weight excluding hydrogens is 258 g/mol. The lowest BCUT2D eigenvalue weighted by molar-refractivity contribution is -0.119. The summed E-state index contributed by atoms with van der Waals surface area (Å²) in [5, 5.41) is 3.00. The molecule has 1 rings (SSSR count). The average molecular weight is 272 g/mol. The molecule has 0 fully saturated rings. The minimum atomic E-state index is -0.521. The lowest BCUT2D eigenvalue weighted by atomic mass is 10.2. The van der Waals surface area contributed by atoms with E-state index in [1.807, 2.05) is 0 Å². The summed E-state index contributed by atoms with van der Waals surface area (Å²) in [6.45, 7) is 2.03. The molecule has 0 spiro atoms. The van der Waals surface area contributed by atoms with Crippen LogP contribution in [-0.2, 0) is 9.53 Å². The van der Waals surface area contributed by atoms with Gasteiger partial charge in [-0.2, -0.15) is 0 Å². The highest BCUT2D eigenvalue weighted by Gasteiger charge is 2.13. The maximum atomic E-state index is 11.5. The predicted molar refractivity (Wildman–Crippen MR) is 67.0 cm³/mol. The fraction of sp³-hybridized carbons (Fsp3) is 0.333. The molecule has 98 valence electrons. The number of ether oxygens (including phenoxy) is 2. The maximum absolute atomic E-state index is 11.5. The second-order valence-corrected chi connectivity index (χ2v) is 3.90. The van der Waals surface area contributed by atoms with E-state index in [0.717, 1.165) is 0 Å². The summed E-state index contributed by atoms with van der Waals surface area (Å²) in [5.41, 5.74) is 0.257. The van der Waals surface area contributed by atoms with Crippen LogP contribution in [0.2, 0.25) is 5.02 Å². The molecule has 0 aliphatic heterocycles. The second-order valence-electron chi connectivity index (χ2n) is 3.46. The van der Waals surface area contributed by atoms with Crippen molar-refractivity contribution in [3.05, 3.63) is 28.8 Å². The van der Waals surface area contributed by atoms with Gasteiger partial charge in [-0.05, 0) is 18.2 Å². The number of carbonyl (C=O) groups is 2. The van der Waals surface area contributed by atoms with E-state index in [0.29, 0.717) is 17.3 Å². The maximum Gasteiger partial charge on any atom is 0.341 e. The fourth-order valence-electron chi connectivity index (χ4n) is 1.29. The number of nitrogens with one attached hydrogen (secondary N) is 1. The third-order valence-electron chi connectivity index (χ3n) is 2.08. The fourth-order valence-corrected chi connectivity index (χ4v) is 1.46. The molecule has 0 saturated heterocycles. The normalized spacial score (nSPS) is 9.72. The molecular formula is C12H14ClNO4. The predicted octanol–water partition coefficient (Wildman–Crippen LogP) is 1.64. The molecule has 1 aromatic carbocycles. The van der Waals surface area contributed by atoms with Crippen LogP contribution in [0.15, 0.2) is 18.2 Å². The minimum absolute atomic E-state index is 0.136. The van der Waals surface area contributed by atoms with Crippen LogP contribution in [-0.4, -0.2) is 32.1 Å². The molecule has 0 aliphatic carbocycles. The zero-order valence-corrected chi connectivity index (χ0v) is 10.9. The number of hydrogen-bond donors (Lipinski definition) is 1. The van der Waals surface area contributed by atoms with Crippen molar-refractivity contribution in [3.8, 4) is 5.75 Å². The highest BCUT2D eigenvalue weighted by molar-refractivity contribution is 6.31. The van der Waals surface area contributed by atoms with E-state index in [2.05, 4.69) is 10.1 Å². The Morgan fingerprint density at radius 2 is 2.11 bits per heavy atom. The van der Waals surface area contributed by atoms with Gasteiger partial charge in [-0.3, -0.25) is 4.79 Å². The first-order chi connectivity index (χ1) is 8.54. The SMILES string of the molecule is COC(=O)c1cc(Cl)ccc1OCCNC(C)=O. The first kappa shape index (κ1) is 14.3. The molecule has 0 saturated carbocycles. The van der Waals surface area contributed by atoms with Crippen LogP contribution in [0, 0.1) is 0 Å². The van der Waals surface area contributed by atoms with Gasteiger partial charge in [0.05, 0.1) is 13.7 Å². The quantitative estimate of drug-likeness (QED) is 0.653. The summed E-state index contributed by atoms with van der Waals surface area (Å²) in [6, 6.07) is 4.67. The zero-order chi connectivity index (χ0) is 13.5. The van der Waals surface area contributed by atoms with Gasteiger partial charge in [0.1, 0.15) is 17.9 Å². The topological polar surface area (TPSA) is 64.6 Å². The van der Waals surface area contributed by atoms with E-state index in [4.69, 9.17) is 16.3 Å². The van der Waals surface area contributed by atoms with Crippen LogP contribution in [0.25, 0.3) is 0 Å². The Morgan fingerprint density at radius 3 is 2.72 bits per heavy atom. The molecule has 1 N–H and O–H groups in total. The lowest BCUT2D eigenvalue weighted by Gasteiger charge is -2.10. The van der Waals surface area contributed by atoms with Crippen LogP contribution >= 0.6 is 11.6 Å². The van der Waals surface area contributed by atoms with Crippen LogP contribution in [0.4, 0.5) is 0 Å². The summed E-state index contributed by atoms with van der Waals surface area (Å²) >= 11 is 5.80. The third kappa shape index (κ3) is 4.25. The van der Waals surface area contributed by atoms with Crippen molar-refractivity contribution in [3.63, 3.8) is 0 Å². The second kappa shape index (κ2) is 6.86. The van der Waals surface area contributed by atoms with Crippen LogP contribution in [0.5, 0.6) is 5.75 Å². The molecule has 0 bridgehead atoms. The van der Waals surface area contributed by atoms with Gasteiger partial charge in [-0.1, -0.05) is 11.6 Å². The first-order valence-corrected chi connectivity index (χ1v) is 5.67. The summed E-state index contributed by atoms with van der Waals surface area (Å²) < 4.78 is 10.0. The standard InChI is InChI=1S/C12H14ClNO4/c1-8(15)14-5-6-18-11-4-3-9(13)7-10(11)12(16)17-2/h3-4,7H,5-6H2,1-2H3,(H,14,15). The van der Waals surface area contributed by atoms with Crippen molar-refractivity contribution >= 4 is 23.5 Å². The number of hydrogen-bond acceptors (Lipinski definition) is 4. The summed E-state index contributed by atoms with van der Waals surface area (Å²) in [4.78, 5) is 22.2. The van der Waals surface area contributed by atoms with Crippen LogP contribution in [0.1, 0.15) is 17.3 Å². The minimum Gasteiger partial charge on any atom is -0.491 e. The van der Waals surface area contributed by atoms with Gasteiger partial charge in [0.2, 0.25) is 5.91 Å². The molecule has 0 aromatic heterocycles. The average Bonchev–Trinajstić information content (AvgIpc) is 2.34. The number of amides is 1. The van der Waals surface area contributed by atoms with Gasteiger partial charge in [-0.25, -0.2) is 4.79 Å². The van der Waals surface area contributed by atoms with E-state index in [1.165, 1.54) is 20.1 Å². The summed E-state index contributed by atoms with van der Waals surface area (Å²) in [7, 11) is 1.28. The van der Waals surface area contributed by atoms with Crippen LogP contribution < -0.4 is 10.1 Å². The molecule has 0 aliphatic rings. The van der Waals surface area contributed by atoms with Crippen molar-refractivity contribution in [1.82, 2.24) is 5.32 Å². The monoisotopic (exact) mass is 271 g/mol. The molecule has 0 heterocycles. The van der Waals surface area contributed by atoms with Gasteiger partial charge in [0.25, 0.3) is 0 Å². The Bertz CT molecular complexity index is 448. The Kier molecular flexibility index (Phi) is 5.45. The molecule has 0 radical (unpaired) electrons. The molecule has 18 heavy (non-hydrogen) atoms. The van der Waals surface area contributed by atoms with Gasteiger partial charge in [0, 0.05) is 11.9 Å². The molecule has 1 amide bonds. The Morgan fingerprint density at radius 1 is 1.39 bits per heavy atom. The molecule has 6 heteroatoms. The van der Waals surface area contributed by atoms with Crippen molar-refractivity contribution < 1.29 is 19.1 Å². The van der Waals surface area contributed by atoms with Crippen LogP contribution in [0.3, 0.4) is 0 Å². The number of rotatable bonds is 5. The number of benzene rings is 1. The summed E-state index contributed by atoms with van der Waals surface area (Å²) in [5.74, 6) is -0.286. The Labute approximate surface area is 110 Å². The van der Waals surface area contributed by atoms with Crippen molar-refractivity contribution in [1.29, 1.82) is 0 Å². The van der Waals surface area contributed by atoms with Crippen molar-refractivity contribution in [2.75, 3.05) is 20.3 Å². The lowest BCUT2D eigenvalue weighted by Crippen LogP contribution is -2.25. The van der Waals surface area contributed by atoms with E-state index in [-0.39, 0.29) is 18.1 Å². The number of esters is 1. The van der Waals surface area contributed by atoms with Gasteiger partial charge in [0.15, 0.2) is 0 Å². The van der Waals surface area contributed by atoms with E-state index in [1.54, 1.807) is 12.1 Å². The number of methoxy groups -OCH3 is 1. The van der Waals surface area contributed by atoms with E-state index < -0.39 is 5.97 Å². The van der Waals surface area contributed by atoms with Gasteiger partial charge < -0.3 is 14.8 Å². The summed E-state index contributed by atoms with van der Waals surface area (Å²) in [6.07, 6.45) is 0. The zero-order valence-electron chi connectivity index (χ0n) is 10.2. The van der Waals surface area contributed by atoms with E-state index in [9.17, 15) is 9.59 Å². The van der Waals surface area contributed by atoms with Gasteiger partial charge >= 0.3 is 5.97 Å². The Balaban J connectivity index is 2.69.